The number of rotatable bonds is 6. The molecule has 10 heteroatoms. The number of fused-ring (bicyclic) bond motifs is 1. The first-order valence-electron chi connectivity index (χ1n) is 8.37. The summed E-state index contributed by atoms with van der Waals surface area (Å²) in [6.07, 6.45) is 3.32. The number of aromatic nitrogens is 4. The van der Waals surface area contributed by atoms with Crippen molar-refractivity contribution in [3.8, 4) is 17.1 Å². The molecule has 144 valence electrons. The van der Waals surface area contributed by atoms with Crippen LogP contribution in [0.3, 0.4) is 0 Å². The summed E-state index contributed by atoms with van der Waals surface area (Å²) >= 11 is 0. The standard InChI is InChI=1S/C17H21N5O4S/c1-5-6-26-14-10(2)7-11(21-27(4,24)25)8-12(14)15-19-16-13(17(23)20-15)9-18-22(16)3/h7-9,21H,5-6H2,1-4H3,(H,19,20,23). The number of nitrogens with one attached hydrogen (secondary N) is 2. The van der Waals surface area contributed by atoms with Gasteiger partial charge in [-0.25, -0.2) is 13.4 Å². The van der Waals surface area contributed by atoms with E-state index in [0.29, 0.717) is 34.6 Å². The molecule has 0 aliphatic rings. The Morgan fingerprint density at radius 3 is 2.74 bits per heavy atom. The molecule has 2 aromatic heterocycles. The first-order chi connectivity index (χ1) is 12.7. The van der Waals surface area contributed by atoms with E-state index in [-0.39, 0.29) is 11.4 Å². The Balaban J connectivity index is 2.25. The minimum atomic E-state index is -3.46. The Bertz CT molecular complexity index is 1160. The Morgan fingerprint density at radius 2 is 2.07 bits per heavy atom. The van der Waals surface area contributed by atoms with Crippen molar-refractivity contribution in [1.82, 2.24) is 19.7 Å². The fourth-order valence-electron chi connectivity index (χ4n) is 2.78. The number of hydrogen-bond acceptors (Lipinski definition) is 6. The SMILES string of the molecule is CCCOc1c(C)cc(NS(C)(=O)=O)cc1-c1nc2c(cnn2C)c(=O)[nH]1. The van der Waals surface area contributed by atoms with Crippen LogP contribution in [0.1, 0.15) is 18.9 Å². The smallest absolute Gasteiger partial charge is 0.262 e. The Labute approximate surface area is 156 Å². The second-order valence-electron chi connectivity index (χ2n) is 6.31. The number of anilines is 1. The highest BCUT2D eigenvalue weighted by molar-refractivity contribution is 7.92. The lowest BCUT2D eigenvalue weighted by atomic mass is 10.1. The quantitative estimate of drug-likeness (QED) is 0.661. The first-order valence-corrected chi connectivity index (χ1v) is 10.3. The molecule has 0 amide bonds. The summed E-state index contributed by atoms with van der Waals surface area (Å²) in [6.45, 7) is 4.27. The number of aryl methyl sites for hydroxylation is 2. The van der Waals surface area contributed by atoms with Crippen LogP contribution in [-0.4, -0.2) is 41.0 Å². The highest BCUT2D eigenvalue weighted by atomic mass is 32.2. The number of benzene rings is 1. The van der Waals surface area contributed by atoms with Gasteiger partial charge >= 0.3 is 0 Å². The zero-order valence-electron chi connectivity index (χ0n) is 15.5. The molecule has 0 saturated heterocycles. The molecule has 3 aromatic rings. The molecule has 0 radical (unpaired) electrons. The third-order valence-electron chi connectivity index (χ3n) is 3.89. The molecule has 0 aliphatic heterocycles. The molecule has 9 nitrogen and oxygen atoms in total. The third-order valence-corrected chi connectivity index (χ3v) is 4.49. The Morgan fingerprint density at radius 1 is 1.33 bits per heavy atom. The second-order valence-corrected chi connectivity index (χ2v) is 8.06. The highest BCUT2D eigenvalue weighted by Gasteiger charge is 2.17. The summed E-state index contributed by atoms with van der Waals surface area (Å²) < 4.78 is 33.1. The summed E-state index contributed by atoms with van der Waals surface area (Å²) in [7, 11) is -1.77. The summed E-state index contributed by atoms with van der Waals surface area (Å²) in [5.41, 5.74) is 1.68. The van der Waals surface area contributed by atoms with Crippen molar-refractivity contribution in [3.05, 3.63) is 34.2 Å². The van der Waals surface area contributed by atoms with Crippen molar-refractivity contribution in [3.63, 3.8) is 0 Å². The summed E-state index contributed by atoms with van der Waals surface area (Å²) in [6, 6.07) is 3.27. The molecule has 0 atom stereocenters. The van der Waals surface area contributed by atoms with Gasteiger partial charge in [-0.05, 0) is 31.0 Å². The Hall–Kier alpha value is -2.88. The molecular weight excluding hydrogens is 370 g/mol. The van der Waals surface area contributed by atoms with Crippen LogP contribution in [0.25, 0.3) is 22.4 Å². The minimum Gasteiger partial charge on any atom is -0.493 e. The van der Waals surface area contributed by atoms with E-state index < -0.39 is 10.0 Å². The number of hydrogen-bond donors (Lipinski definition) is 2. The summed E-state index contributed by atoms with van der Waals surface area (Å²) in [5.74, 6) is 0.822. The topological polar surface area (TPSA) is 119 Å². The fourth-order valence-corrected chi connectivity index (χ4v) is 3.32. The maximum atomic E-state index is 12.4. The Kier molecular flexibility index (Phi) is 4.92. The summed E-state index contributed by atoms with van der Waals surface area (Å²) in [5, 5.41) is 4.43. The van der Waals surface area contributed by atoms with Crippen LogP contribution in [0.15, 0.2) is 23.1 Å². The van der Waals surface area contributed by atoms with Crippen LogP contribution in [-0.2, 0) is 17.1 Å². The molecule has 27 heavy (non-hydrogen) atoms. The molecule has 0 spiro atoms. The van der Waals surface area contributed by atoms with Crippen molar-refractivity contribution in [2.45, 2.75) is 20.3 Å². The molecule has 0 saturated carbocycles. The monoisotopic (exact) mass is 391 g/mol. The van der Waals surface area contributed by atoms with Gasteiger partial charge in [0.1, 0.15) is 17.0 Å². The van der Waals surface area contributed by atoms with Gasteiger partial charge < -0.3 is 9.72 Å². The molecule has 0 bridgehead atoms. The third kappa shape index (κ3) is 3.95. The first kappa shape index (κ1) is 18.9. The normalized spacial score (nSPS) is 11.7. The molecular formula is C17H21N5O4S. The van der Waals surface area contributed by atoms with Crippen LogP contribution < -0.4 is 15.0 Å². The number of aromatic amines is 1. The summed E-state index contributed by atoms with van der Waals surface area (Å²) in [4.78, 5) is 19.6. The van der Waals surface area contributed by atoms with Gasteiger partial charge in [-0.2, -0.15) is 5.10 Å². The predicted molar refractivity (Wildman–Crippen MR) is 104 cm³/mol. The predicted octanol–water partition coefficient (Wildman–Crippen LogP) is 1.79. The van der Waals surface area contributed by atoms with Crippen molar-refractivity contribution in [1.29, 1.82) is 0 Å². The number of ether oxygens (including phenoxy) is 1. The van der Waals surface area contributed by atoms with E-state index in [1.54, 1.807) is 19.2 Å². The average molecular weight is 391 g/mol. The van der Waals surface area contributed by atoms with Gasteiger partial charge in [0, 0.05) is 12.7 Å². The van der Waals surface area contributed by atoms with Crippen molar-refractivity contribution in [2.24, 2.45) is 7.05 Å². The van der Waals surface area contributed by atoms with E-state index in [9.17, 15) is 13.2 Å². The molecule has 2 heterocycles. The maximum absolute atomic E-state index is 12.4. The van der Waals surface area contributed by atoms with Crippen LogP contribution >= 0.6 is 0 Å². The average Bonchev–Trinajstić information content (AvgIpc) is 2.94. The van der Waals surface area contributed by atoms with E-state index >= 15 is 0 Å². The van der Waals surface area contributed by atoms with Crippen LogP contribution in [0.5, 0.6) is 5.75 Å². The second kappa shape index (κ2) is 7.03. The molecule has 0 aliphatic carbocycles. The molecule has 1 aromatic carbocycles. The molecule has 3 rings (SSSR count). The van der Waals surface area contributed by atoms with Crippen LogP contribution in [0, 0.1) is 6.92 Å². The minimum absolute atomic E-state index is 0.280. The largest absolute Gasteiger partial charge is 0.493 e. The van der Waals surface area contributed by atoms with Crippen molar-refractivity contribution < 1.29 is 13.2 Å². The molecule has 0 fully saturated rings. The van der Waals surface area contributed by atoms with E-state index in [2.05, 4.69) is 19.8 Å². The van der Waals surface area contributed by atoms with E-state index in [1.807, 2.05) is 13.8 Å². The number of sulfonamides is 1. The lowest BCUT2D eigenvalue weighted by Crippen LogP contribution is -2.12. The van der Waals surface area contributed by atoms with E-state index in [4.69, 9.17) is 4.74 Å². The molecule has 2 N–H and O–H groups in total. The van der Waals surface area contributed by atoms with Gasteiger partial charge in [0.2, 0.25) is 10.0 Å². The van der Waals surface area contributed by atoms with Gasteiger partial charge in [-0.3, -0.25) is 14.2 Å². The highest BCUT2D eigenvalue weighted by Crippen LogP contribution is 2.35. The van der Waals surface area contributed by atoms with Crippen molar-refractivity contribution in [2.75, 3.05) is 17.6 Å². The lowest BCUT2D eigenvalue weighted by molar-refractivity contribution is 0.316. The number of nitrogens with zero attached hydrogens (tertiary/aromatic N) is 3. The van der Waals surface area contributed by atoms with Gasteiger partial charge in [0.25, 0.3) is 5.56 Å². The van der Waals surface area contributed by atoms with Crippen molar-refractivity contribution >= 4 is 26.7 Å². The van der Waals surface area contributed by atoms with Gasteiger partial charge in [-0.15, -0.1) is 0 Å². The van der Waals surface area contributed by atoms with Crippen LogP contribution in [0.4, 0.5) is 5.69 Å². The lowest BCUT2D eigenvalue weighted by Gasteiger charge is -2.16. The van der Waals surface area contributed by atoms with E-state index in [0.717, 1.165) is 18.2 Å². The molecule has 0 unspecified atom stereocenters. The zero-order chi connectivity index (χ0) is 19.8. The van der Waals surface area contributed by atoms with E-state index in [1.165, 1.54) is 10.9 Å². The zero-order valence-corrected chi connectivity index (χ0v) is 16.3. The van der Waals surface area contributed by atoms with Crippen LogP contribution in [0.2, 0.25) is 0 Å². The van der Waals surface area contributed by atoms with Gasteiger partial charge in [0.05, 0.1) is 24.6 Å². The maximum Gasteiger partial charge on any atom is 0.262 e. The fraction of sp³-hybridized carbons (Fsp3) is 0.353. The number of H-pyrrole nitrogens is 1. The van der Waals surface area contributed by atoms with Gasteiger partial charge in [-0.1, -0.05) is 6.92 Å². The van der Waals surface area contributed by atoms with Gasteiger partial charge in [0.15, 0.2) is 5.65 Å².